The number of benzene rings is 3. The monoisotopic (exact) mass is 494 g/mol. The molecule has 0 aliphatic heterocycles. The number of carboxylic acids is 1. The normalized spacial score (nSPS) is 12.4. The molecule has 0 bridgehead atoms. The van der Waals surface area contributed by atoms with Gasteiger partial charge in [0.2, 0.25) is 0 Å². The summed E-state index contributed by atoms with van der Waals surface area (Å²) in [6, 6.07) is 19.3. The molecule has 1 aliphatic rings. The molecule has 0 radical (unpaired) electrons. The molecular formula is C23H15BrN2O4S. The first-order valence-electron chi connectivity index (χ1n) is 9.46. The number of halogens is 1. The van der Waals surface area contributed by atoms with Crippen molar-refractivity contribution in [3.63, 3.8) is 0 Å². The zero-order valence-corrected chi connectivity index (χ0v) is 18.4. The molecule has 2 N–H and O–H groups in total. The average Bonchev–Trinajstić information content (AvgIpc) is 3.31. The van der Waals surface area contributed by atoms with Crippen LogP contribution in [0, 0.1) is 0 Å². The van der Waals surface area contributed by atoms with Crippen LogP contribution in [0.5, 0.6) is 0 Å². The molecule has 0 atom stereocenters. The first kappa shape index (κ1) is 19.7. The fourth-order valence-electron chi connectivity index (χ4n) is 3.89. The summed E-state index contributed by atoms with van der Waals surface area (Å²) in [7, 11) is 0. The fourth-order valence-corrected chi connectivity index (χ4v) is 5.49. The Kier molecular flexibility index (Phi) is 4.95. The third-order valence-electron chi connectivity index (χ3n) is 5.25. The summed E-state index contributed by atoms with van der Waals surface area (Å²) in [5.41, 5.74) is 5.35. The van der Waals surface area contributed by atoms with E-state index >= 15 is 0 Å². The molecule has 0 fully saturated rings. The summed E-state index contributed by atoms with van der Waals surface area (Å²) >= 11 is 4.53. The third-order valence-corrected chi connectivity index (χ3v) is 6.77. The van der Waals surface area contributed by atoms with Crippen LogP contribution >= 0.6 is 27.3 Å². The number of amides is 1. The molecule has 3 aromatic carbocycles. The van der Waals surface area contributed by atoms with Crippen molar-refractivity contribution >= 4 is 54.7 Å². The standard InChI is InChI=1S/C23H15BrN2O4S/c24-18-9-12(21(27)28)10-19-20(18)25-22(31-19)26-23(29)30-11-17-15-7-3-1-5-13(15)14-6-2-4-8-16(14)17/h1-10,17H,11H2,(H,27,28)(H,25,26,29). The van der Waals surface area contributed by atoms with Crippen LogP contribution in [-0.4, -0.2) is 28.8 Å². The van der Waals surface area contributed by atoms with E-state index in [1.54, 1.807) is 0 Å². The smallest absolute Gasteiger partial charge is 0.413 e. The predicted molar refractivity (Wildman–Crippen MR) is 123 cm³/mol. The number of hydrogen-bond acceptors (Lipinski definition) is 5. The van der Waals surface area contributed by atoms with E-state index in [4.69, 9.17) is 4.74 Å². The lowest BCUT2D eigenvalue weighted by atomic mass is 9.98. The van der Waals surface area contributed by atoms with Crippen LogP contribution in [0.15, 0.2) is 65.1 Å². The second-order valence-electron chi connectivity index (χ2n) is 7.08. The Bertz CT molecular complexity index is 1310. The summed E-state index contributed by atoms with van der Waals surface area (Å²) in [5, 5.41) is 12.2. The maximum Gasteiger partial charge on any atom is 0.413 e. The molecule has 5 rings (SSSR count). The number of carbonyl (C=O) groups excluding carboxylic acids is 1. The highest BCUT2D eigenvalue weighted by Gasteiger charge is 2.29. The van der Waals surface area contributed by atoms with E-state index < -0.39 is 12.1 Å². The van der Waals surface area contributed by atoms with Crippen LogP contribution < -0.4 is 5.32 Å². The average molecular weight is 495 g/mol. The zero-order valence-electron chi connectivity index (χ0n) is 16.0. The Balaban J connectivity index is 1.33. The molecule has 4 aromatic rings. The van der Waals surface area contributed by atoms with Gasteiger partial charge in [-0.25, -0.2) is 14.6 Å². The van der Waals surface area contributed by atoms with Crippen molar-refractivity contribution < 1.29 is 19.4 Å². The summed E-state index contributed by atoms with van der Waals surface area (Å²) in [5.74, 6) is -1.05. The predicted octanol–water partition coefficient (Wildman–Crippen LogP) is 6.12. The molecule has 1 amide bonds. The molecule has 1 aliphatic carbocycles. The molecule has 0 saturated heterocycles. The van der Waals surface area contributed by atoms with Gasteiger partial charge >= 0.3 is 12.1 Å². The minimum atomic E-state index is -1.03. The highest BCUT2D eigenvalue weighted by Crippen LogP contribution is 2.44. The van der Waals surface area contributed by atoms with Crippen molar-refractivity contribution in [2.45, 2.75) is 5.92 Å². The van der Waals surface area contributed by atoms with Gasteiger partial charge in [0.25, 0.3) is 0 Å². The Morgan fingerprint density at radius 2 is 1.71 bits per heavy atom. The van der Waals surface area contributed by atoms with Crippen LogP contribution in [0.3, 0.4) is 0 Å². The Hall–Kier alpha value is -3.23. The number of rotatable bonds is 4. The van der Waals surface area contributed by atoms with Gasteiger partial charge in [0.05, 0.1) is 15.8 Å². The molecular weight excluding hydrogens is 480 g/mol. The largest absolute Gasteiger partial charge is 0.478 e. The van der Waals surface area contributed by atoms with Gasteiger partial charge in [0.15, 0.2) is 5.13 Å². The summed E-state index contributed by atoms with van der Waals surface area (Å²) in [6.07, 6.45) is -0.601. The van der Waals surface area contributed by atoms with Crippen LogP contribution in [0.4, 0.5) is 9.93 Å². The van der Waals surface area contributed by atoms with Gasteiger partial charge < -0.3 is 9.84 Å². The van der Waals surface area contributed by atoms with Gasteiger partial charge in [-0.15, -0.1) is 0 Å². The van der Waals surface area contributed by atoms with E-state index in [2.05, 4.69) is 50.5 Å². The van der Waals surface area contributed by atoms with Crippen molar-refractivity contribution in [3.05, 3.63) is 81.8 Å². The molecule has 0 saturated carbocycles. The quantitative estimate of drug-likeness (QED) is 0.356. The summed E-state index contributed by atoms with van der Waals surface area (Å²) < 4.78 is 6.75. The fraction of sp³-hybridized carbons (Fsp3) is 0.0870. The third kappa shape index (κ3) is 3.58. The number of fused-ring (bicyclic) bond motifs is 4. The molecule has 8 heteroatoms. The maximum atomic E-state index is 12.5. The van der Waals surface area contributed by atoms with E-state index in [1.165, 1.54) is 23.5 Å². The van der Waals surface area contributed by atoms with E-state index in [1.807, 2.05) is 24.3 Å². The second-order valence-corrected chi connectivity index (χ2v) is 8.96. The second kappa shape index (κ2) is 7.79. The van der Waals surface area contributed by atoms with E-state index in [9.17, 15) is 14.7 Å². The maximum absolute atomic E-state index is 12.5. The molecule has 154 valence electrons. The zero-order chi connectivity index (χ0) is 21.5. The molecule has 1 aromatic heterocycles. The lowest BCUT2D eigenvalue weighted by Gasteiger charge is -2.14. The number of hydrogen-bond donors (Lipinski definition) is 2. The van der Waals surface area contributed by atoms with E-state index in [0.717, 1.165) is 22.3 Å². The Morgan fingerprint density at radius 1 is 1.06 bits per heavy atom. The number of nitrogens with one attached hydrogen (secondary N) is 1. The van der Waals surface area contributed by atoms with Crippen LogP contribution in [0.2, 0.25) is 0 Å². The number of ether oxygens (including phenoxy) is 1. The van der Waals surface area contributed by atoms with Gasteiger partial charge in [-0.05, 0) is 50.3 Å². The van der Waals surface area contributed by atoms with Crippen molar-refractivity contribution in [1.82, 2.24) is 4.98 Å². The minimum absolute atomic E-state index is 0.0270. The van der Waals surface area contributed by atoms with Gasteiger partial charge in [0, 0.05) is 10.4 Å². The van der Waals surface area contributed by atoms with Crippen LogP contribution in [0.1, 0.15) is 27.4 Å². The van der Waals surface area contributed by atoms with Crippen molar-refractivity contribution in [2.24, 2.45) is 0 Å². The SMILES string of the molecule is O=C(Nc1nc2c(Br)cc(C(=O)O)cc2s1)OCC1c2ccccc2-c2ccccc21. The van der Waals surface area contributed by atoms with Gasteiger partial charge in [-0.2, -0.15) is 0 Å². The number of carboxylic acid groups (broad SMARTS) is 1. The van der Waals surface area contributed by atoms with E-state index in [-0.39, 0.29) is 18.1 Å². The molecule has 31 heavy (non-hydrogen) atoms. The van der Waals surface area contributed by atoms with E-state index in [0.29, 0.717) is 19.8 Å². The van der Waals surface area contributed by atoms with Crippen molar-refractivity contribution in [1.29, 1.82) is 0 Å². The number of carbonyl (C=O) groups is 2. The van der Waals surface area contributed by atoms with Crippen molar-refractivity contribution in [3.8, 4) is 11.1 Å². The lowest BCUT2D eigenvalue weighted by molar-refractivity contribution is 0.0697. The number of thiazole rings is 1. The van der Waals surface area contributed by atoms with Gasteiger partial charge in [0.1, 0.15) is 6.61 Å². The molecule has 1 heterocycles. The lowest BCUT2D eigenvalue weighted by Crippen LogP contribution is -2.17. The Labute approximate surface area is 189 Å². The van der Waals surface area contributed by atoms with Crippen LogP contribution in [-0.2, 0) is 4.74 Å². The first-order chi connectivity index (χ1) is 15.0. The first-order valence-corrected chi connectivity index (χ1v) is 11.1. The highest BCUT2D eigenvalue weighted by atomic mass is 79.9. The molecule has 0 spiro atoms. The molecule has 0 unspecified atom stereocenters. The number of nitrogens with zero attached hydrogens (tertiary/aromatic N) is 1. The topological polar surface area (TPSA) is 88.5 Å². The molecule has 6 nitrogen and oxygen atoms in total. The van der Waals surface area contributed by atoms with Gasteiger partial charge in [-0.3, -0.25) is 5.32 Å². The minimum Gasteiger partial charge on any atom is -0.478 e. The summed E-state index contributed by atoms with van der Waals surface area (Å²) in [4.78, 5) is 28.1. The number of aromatic nitrogens is 1. The highest BCUT2D eigenvalue weighted by molar-refractivity contribution is 9.10. The van der Waals surface area contributed by atoms with Crippen molar-refractivity contribution in [2.75, 3.05) is 11.9 Å². The van der Waals surface area contributed by atoms with Crippen LogP contribution in [0.25, 0.3) is 21.3 Å². The van der Waals surface area contributed by atoms with Gasteiger partial charge in [-0.1, -0.05) is 59.9 Å². The Morgan fingerprint density at radius 3 is 2.35 bits per heavy atom. The number of aromatic carboxylic acids is 1. The summed E-state index contributed by atoms with van der Waals surface area (Å²) in [6.45, 7) is 0.206. The number of anilines is 1.